The lowest BCUT2D eigenvalue weighted by atomic mass is 10.3. The van der Waals surface area contributed by atoms with E-state index in [-0.39, 0.29) is 0 Å². The van der Waals surface area contributed by atoms with Crippen LogP contribution >= 0.6 is 7.37 Å². The Morgan fingerprint density at radius 1 is 1.21 bits per heavy atom. The lowest BCUT2D eigenvalue weighted by molar-refractivity contribution is 0.408. The molecular weight excluding hydrogens is 197 g/mol. The number of hydrogen-bond donors (Lipinski definition) is 0. The molecule has 0 bridgehead atoms. The van der Waals surface area contributed by atoms with Crippen LogP contribution in [0.1, 0.15) is 0 Å². The van der Waals surface area contributed by atoms with Crippen molar-refractivity contribution in [3.63, 3.8) is 0 Å². The van der Waals surface area contributed by atoms with Crippen LogP contribution < -0.4 is 10.2 Å². The van der Waals surface area contributed by atoms with Gasteiger partial charge < -0.3 is 9.42 Å². The summed E-state index contributed by atoms with van der Waals surface area (Å²) in [5.41, 5.74) is 1.09. The second-order valence-electron chi connectivity index (χ2n) is 3.44. The SMILES string of the molecule is COP(C)(=O)c1ccc(N(C)C)cc1. The Morgan fingerprint density at radius 3 is 2.07 bits per heavy atom. The standard InChI is InChI=1S/C10H16NO2P/c1-11(2)9-5-7-10(8-6-9)14(4,12)13-3/h5-8H,1-4H3. The highest BCUT2D eigenvalue weighted by Gasteiger charge is 2.16. The van der Waals surface area contributed by atoms with Gasteiger partial charge in [-0.2, -0.15) is 0 Å². The van der Waals surface area contributed by atoms with Gasteiger partial charge in [0.05, 0.1) is 0 Å². The van der Waals surface area contributed by atoms with E-state index in [1.165, 1.54) is 7.11 Å². The first kappa shape index (κ1) is 11.3. The van der Waals surface area contributed by atoms with Crippen molar-refractivity contribution in [3.8, 4) is 0 Å². The molecule has 4 heteroatoms. The number of nitrogens with zero attached hydrogens (tertiary/aromatic N) is 1. The van der Waals surface area contributed by atoms with Gasteiger partial charge in [-0.05, 0) is 24.3 Å². The molecule has 0 fully saturated rings. The Kier molecular flexibility index (Phi) is 3.35. The Morgan fingerprint density at radius 2 is 1.71 bits per heavy atom. The maximum absolute atomic E-state index is 11.8. The fourth-order valence-corrected chi connectivity index (χ4v) is 2.03. The van der Waals surface area contributed by atoms with Crippen molar-refractivity contribution in [3.05, 3.63) is 24.3 Å². The van der Waals surface area contributed by atoms with Crippen molar-refractivity contribution in [1.82, 2.24) is 0 Å². The Bertz CT molecular complexity index is 346. The van der Waals surface area contributed by atoms with Crippen LogP contribution in [0.2, 0.25) is 0 Å². The summed E-state index contributed by atoms with van der Waals surface area (Å²) in [4.78, 5) is 2.00. The number of hydrogen-bond acceptors (Lipinski definition) is 3. The summed E-state index contributed by atoms with van der Waals surface area (Å²) in [5.74, 6) is 0. The molecule has 0 aliphatic heterocycles. The predicted octanol–water partition coefficient (Wildman–Crippen LogP) is 1.93. The minimum atomic E-state index is -2.59. The average molecular weight is 213 g/mol. The van der Waals surface area contributed by atoms with Crippen LogP contribution in [0.5, 0.6) is 0 Å². The molecule has 14 heavy (non-hydrogen) atoms. The minimum absolute atomic E-state index is 0.755. The molecule has 1 aromatic carbocycles. The van der Waals surface area contributed by atoms with E-state index in [9.17, 15) is 4.57 Å². The maximum atomic E-state index is 11.8. The third-order valence-corrected chi connectivity index (χ3v) is 4.12. The van der Waals surface area contributed by atoms with Crippen LogP contribution in [0, 0.1) is 0 Å². The summed E-state index contributed by atoms with van der Waals surface area (Å²) in [7, 11) is 2.82. The molecule has 0 spiro atoms. The highest BCUT2D eigenvalue weighted by atomic mass is 31.2. The molecule has 0 saturated carbocycles. The number of rotatable bonds is 3. The molecule has 0 saturated heterocycles. The molecule has 0 heterocycles. The van der Waals surface area contributed by atoms with Crippen molar-refractivity contribution >= 4 is 18.4 Å². The van der Waals surface area contributed by atoms with Gasteiger partial charge in [0.2, 0.25) is 7.37 Å². The zero-order valence-electron chi connectivity index (χ0n) is 9.02. The summed E-state index contributed by atoms with van der Waals surface area (Å²) in [5, 5.41) is 0.755. The monoisotopic (exact) mass is 213 g/mol. The van der Waals surface area contributed by atoms with Crippen LogP contribution in [0.4, 0.5) is 5.69 Å². The molecule has 1 unspecified atom stereocenters. The van der Waals surface area contributed by atoms with Crippen molar-refractivity contribution in [2.24, 2.45) is 0 Å². The first-order chi connectivity index (χ1) is 6.47. The van der Waals surface area contributed by atoms with Gasteiger partial charge in [0.15, 0.2) is 0 Å². The van der Waals surface area contributed by atoms with Gasteiger partial charge in [-0.3, -0.25) is 4.57 Å². The third kappa shape index (κ3) is 2.37. The van der Waals surface area contributed by atoms with Crippen LogP contribution in [0.25, 0.3) is 0 Å². The molecule has 1 atom stereocenters. The minimum Gasteiger partial charge on any atom is -0.378 e. The molecule has 1 rings (SSSR count). The molecular formula is C10H16NO2P. The van der Waals surface area contributed by atoms with E-state index in [4.69, 9.17) is 4.52 Å². The van der Waals surface area contributed by atoms with Crippen molar-refractivity contribution in [2.75, 3.05) is 32.8 Å². The number of anilines is 1. The summed E-state index contributed by atoms with van der Waals surface area (Å²) >= 11 is 0. The van der Waals surface area contributed by atoms with Gasteiger partial charge in [-0.1, -0.05) is 0 Å². The topological polar surface area (TPSA) is 29.5 Å². The van der Waals surface area contributed by atoms with Gasteiger partial charge in [0, 0.05) is 38.9 Å². The molecule has 0 aromatic heterocycles. The summed E-state index contributed by atoms with van der Waals surface area (Å²) in [6, 6.07) is 7.56. The van der Waals surface area contributed by atoms with Crippen LogP contribution in [-0.4, -0.2) is 27.9 Å². The Hall–Kier alpha value is -0.790. The van der Waals surface area contributed by atoms with Gasteiger partial charge in [0.1, 0.15) is 0 Å². The largest absolute Gasteiger partial charge is 0.378 e. The van der Waals surface area contributed by atoms with Crippen LogP contribution in [0.15, 0.2) is 24.3 Å². The van der Waals surface area contributed by atoms with Gasteiger partial charge in [-0.15, -0.1) is 0 Å². The second kappa shape index (κ2) is 4.16. The zero-order valence-corrected chi connectivity index (χ0v) is 9.91. The van der Waals surface area contributed by atoms with Gasteiger partial charge >= 0.3 is 0 Å². The van der Waals surface area contributed by atoms with Gasteiger partial charge in [0.25, 0.3) is 0 Å². The molecule has 78 valence electrons. The summed E-state index contributed by atoms with van der Waals surface area (Å²) < 4.78 is 16.8. The fourth-order valence-electron chi connectivity index (χ4n) is 1.13. The van der Waals surface area contributed by atoms with Crippen molar-refractivity contribution < 1.29 is 9.09 Å². The van der Waals surface area contributed by atoms with Crippen molar-refractivity contribution in [1.29, 1.82) is 0 Å². The van der Waals surface area contributed by atoms with Crippen LogP contribution in [-0.2, 0) is 9.09 Å². The summed E-state index contributed by atoms with van der Waals surface area (Å²) in [6.07, 6.45) is 0. The van der Waals surface area contributed by atoms with E-state index in [1.54, 1.807) is 6.66 Å². The highest BCUT2D eigenvalue weighted by molar-refractivity contribution is 7.66. The lowest BCUT2D eigenvalue weighted by Gasteiger charge is -2.15. The number of benzene rings is 1. The molecule has 3 nitrogen and oxygen atoms in total. The highest BCUT2D eigenvalue weighted by Crippen LogP contribution is 2.40. The zero-order chi connectivity index (χ0) is 10.8. The Balaban J connectivity index is 3.00. The van der Waals surface area contributed by atoms with E-state index < -0.39 is 7.37 Å². The molecule has 0 aliphatic rings. The van der Waals surface area contributed by atoms with Gasteiger partial charge in [-0.25, -0.2) is 0 Å². The Labute approximate surface area is 85.1 Å². The lowest BCUT2D eigenvalue weighted by Crippen LogP contribution is -2.11. The van der Waals surface area contributed by atoms with Crippen LogP contribution in [0.3, 0.4) is 0 Å². The molecule has 0 amide bonds. The third-order valence-electron chi connectivity index (χ3n) is 2.18. The van der Waals surface area contributed by atoms with E-state index >= 15 is 0 Å². The molecule has 0 radical (unpaired) electrons. The first-order valence-corrected chi connectivity index (χ1v) is 6.46. The molecule has 0 aliphatic carbocycles. The predicted molar refractivity (Wildman–Crippen MR) is 60.9 cm³/mol. The fraction of sp³-hybridized carbons (Fsp3) is 0.400. The normalized spacial score (nSPS) is 14.9. The maximum Gasteiger partial charge on any atom is 0.228 e. The molecule has 0 N–H and O–H groups in total. The van der Waals surface area contributed by atoms with E-state index in [2.05, 4.69) is 0 Å². The average Bonchev–Trinajstić information content (AvgIpc) is 2.18. The van der Waals surface area contributed by atoms with E-state index in [0.717, 1.165) is 11.0 Å². The summed E-state index contributed by atoms with van der Waals surface area (Å²) in [6.45, 7) is 1.62. The van der Waals surface area contributed by atoms with Crippen molar-refractivity contribution in [2.45, 2.75) is 0 Å². The smallest absolute Gasteiger partial charge is 0.228 e. The quantitative estimate of drug-likeness (QED) is 0.718. The van der Waals surface area contributed by atoms with E-state index in [1.807, 2.05) is 43.3 Å². The molecule has 1 aromatic rings. The van der Waals surface area contributed by atoms with E-state index in [0.29, 0.717) is 0 Å². The first-order valence-electron chi connectivity index (χ1n) is 4.38. The second-order valence-corrected chi connectivity index (χ2v) is 6.01.